The number of Topliss-reactive ketones (excluding diaryl/α,β-unsaturated/α-hetero) is 1. The number of carbonyl (C=O) groups is 1. The van der Waals surface area contributed by atoms with Crippen molar-refractivity contribution in [3.8, 4) is 0 Å². The molecule has 0 unspecified atom stereocenters. The Bertz CT molecular complexity index is 648. The van der Waals surface area contributed by atoms with Gasteiger partial charge in [-0.1, -0.05) is 18.6 Å². The third-order valence-electron chi connectivity index (χ3n) is 8.80. The third kappa shape index (κ3) is 2.08. The van der Waals surface area contributed by atoms with Gasteiger partial charge in [0.2, 0.25) is 0 Å². The zero-order valence-electron chi connectivity index (χ0n) is 15.7. The van der Waals surface area contributed by atoms with Crippen LogP contribution in [0.3, 0.4) is 0 Å². The predicted molar refractivity (Wildman–Crippen MR) is 95.0 cm³/mol. The van der Waals surface area contributed by atoms with E-state index >= 15 is 0 Å². The average molecular weight is 366 g/mol. The number of halogens is 1. The highest BCUT2D eigenvalue weighted by Crippen LogP contribution is 2.67. The number of fused-ring (bicyclic) bond motifs is 5. The quantitative estimate of drug-likeness (QED) is 0.657. The summed E-state index contributed by atoms with van der Waals surface area (Å²) < 4.78 is 14.4. The highest BCUT2D eigenvalue weighted by atomic mass is 19.1. The van der Waals surface area contributed by atoms with Crippen molar-refractivity contribution in [1.82, 2.24) is 0 Å². The molecule has 0 aliphatic heterocycles. The van der Waals surface area contributed by atoms with Crippen molar-refractivity contribution in [3.63, 3.8) is 0 Å². The Kier molecular flexibility index (Phi) is 4.18. The van der Waals surface area contributed by atoms with E-state index < -0.39 is 29.2 Å². The van der Waals surface area contributed by atoms with Crippen molar-refractivity contribution in [1.29, 1.82) is 0 Å². The number of carbonyl (C=O) groups excluding carboxylic acids is 1. The average Bonchev–Trinajstić information content (AvgIpc) is 2.83. The molecule has 0 aromatic rings. The molecule has 5 heteroatoms. The van der Waals surface area contributed by atoms with Gasteiger partial charge in [0.05, 0.1) is 18.9 Å². The first-order valence-electron chi connectivity index (χ1n) is 10.1. The Labute approximate surface area is 154 Å². The Morgan fingerprint density at radius 2 is 2.00 bits per heavy atom. The van der Waals surface area contributed by atoms with Crippen molar-refractivity contribution in [2.45, 2.75) is 76.6 Å². The van der Waals surface area contributed by atoms with Crippen LogP contribution in [0.5, 0.6) is 0 Å². The largest absolute Gasteiger partial charge is 0.393 e. The van der Waals surface area contributed by atoms with Crippen LogP contribution < -0.4 is 0 Å². The fraction of sp³-hybridized carbons (Fsp3) is 0.857. The second-order valence-corrected chi connectivity index (χ2v) is 9.56. The molecule has 0 saturated heterocycles. The predicted octanol–water partition coefficient (Wildman–Crippen LogP) is 2.55. The van der Waals surface area contributed by atoms with Crippen LogP contribution in [0.25, 0.3) is 0 Å². The molecule has 146 valence electrons. The molecule has 4 rings (SSSR count). The van der Waals surface area contributed by atoms with Gasteiger partial charge in [-0.25, -0.2) is 0 Å². The molecule has 0 radical (unpaired) electrons. The van der Waals surface area contributed by atoms with Crippen LogP contribution in [0.2, 0.25) is 0 Å². The Hall–Kier alpha value is -0.780. The maximum absolute atomic E-state index is 14.4. The maximum Gasteiger partial charge on any atom is 0.164 e. The maximum atomic E-state index is 14.4. The van der Waals surface area contributed by atoms with Crippen molar-refractivity contribution < 1.29 is 24.5 Å². The molecule has 0 spiro atoms. The summed E-state index contributed by atoms with van der Waals surface area (Å²) in [5.41, 5.74) is -1.77. The van der Waals surface area contributed by atoms with Crippen LogP contribution in [-0.2, 0) is 4.79 Å². The topological polar surface area (TPSA) is 77.8 Å². The minimum Gasteiger partial charge on any atom is -0.393 e. The summed E-state index contributed by atoms with van der Waals surface area (Å²) in [7, 11) is 0. The molecule has 8 atom stereocenters. The number of aliphatic hydroxyl groups excluding tert-OH is 2. The molecule has 4 aliphatic rings. The lowest BCUT2D eigenvalue weighted by Gasteiger charge is -2.58. The van der Waals surface area contributed by atoms with Gasteiger partial charge in [-0.05, 0) is 69.6 Å². The lowest BCUT2D eigenvalue weighted by atomic mass is 9.46. The van der Waals surface area contributed by atoms with E-state index in [-0.39, 0.29) is 29.6 Å². The molecule has 26 heavy (non-hydrogen) atoms. The smallest absolute Gasteiger partial charge is 0.164 e. The van der Waals surface area contributed by atoms with Gasteiger partial charge in [0.1, 0.15) is 0 Å². The molecule has 0 heterocycles. The lowest BCUT2D eigenvalue weighted by molar-refractivity contribution is -0.173. The van der Waals surface area contributed by atoms with E-state index in [1.807, 2.05) is 6.92 Å². The highest BCUT2D eigenvalue weighted by Gasteiger charge is 2.69. The minimum absolute atomic E-state index is 0.0122. The van der Waals surface area contributed by atoms with Gasteiger partial charge in [-0.2, -0.15) is 0 Å². The van der Waals surface area contributed by atoms with Crippen LogP contribution in [0, 0.1) is 28.6 Å². The van der Waals surface area contributed by atoms with Gasteiger partial charge < -0.3 is 15.3 Å². The summed E-state index contributed by atoms with van der Waals surface area (Å²) in [6, 6.07) is 0. The molecular weight excluding hydrogens is 335 g/mol. The molecule has 3 fully saturated rings. The standard InChI is InChI=1S/C21H31FO4/c1-12(23)21(26)18(25)10-17-15-4-3-13-9-14(24)5-8-20(13,11-22)16(15)6-7-19(17,21)2/h3,14-18,24-26H,4-11H2,1-2H3/t14-,15+,16-,17-,18+,19-,20+,21+/m0/s1. The summed E-state index contributed by atoms with van der Waals surface area (Å²) in [6.07, 6.45) is 5.14. The van der Waals surface area contributed by atoms with E-state index in [9.17, 15) is 24.5 Å². The van der Waals surface area contributed by atoms with E-state index in [1.165, 1.54) is 6.92 Å². The number of aliphatic hydroxyl groups is 3. The summed E-state index contributed by atoms with van der Waals surface area (Å²) in [5.74, 6) is -0.00851. The number of ketones is 1. The lowest BCUT2D eigenvalue weighted by Crippen LogP contribution is -2.60. The van der Waals surface area contributed by atoms with Crippen LogP contribution >= 0.6 is 0 Å². The number of rotatable bonds is 2. The van der Waals surface area contributed by atoms with Crippen molar-refractivity contribution in [2.75, 3.05) is 6.67 Å². The second kappa shape index (κ2) is 5.86. The van der Waals surface area contributed by atoms with Crippen molar-refractivity contribution in [2.24, 2.45) is 28.6 Å². The zero-order valence-corrected chi connectivity index (χ0v) is 15.7. The van der Waals surface area contributed by atoms with E-state index in [0.29, 0.717) is 32.1 Å². The fourth-order valence-electron chi connectivity index (χ4n) is 7.34. The van der Waals surface area contributed by atoms with E-state index in [1.54, 1.807) is 0 Å². The monoisotopic (exact) mass is 366 g/mol. The van der Waals surface area contributed by atoms with Crippen LogP contribution in [0.4, 0.5) is 4.39 Å². The molecular formula is C21H31FO4. The Morgan fingerprint density at radius 3 is 2.65 bits per heavy atom. The molecule has 4 nitrogen and oxygen atoms in total. The first kappa shape index (κ1) is 18.6. The van der Waals surface area contributed by atoms with E-state index in [2.05, 4.69) is 6.08 Å². The first-order chi connectivity index (χ1) is 12.2. The Balaban J connectivity index is 1.74. The number of hydrogen-bond donors (Lipinski definition) is 3. The van der Waals surface area contributed by atoms with Gasteiger partial charge in [-0.15, -0.1) is 0 Å². The Morgan fingerprint density at radius 1 is 1.27 bits per heavy atom. The molecule has 0 aromatic heterocycles. The fourth-order valence-corrected chi connectivity index (χ4v) is 7.34. The minimum atomic E-state index is -1.70. The van der Waals surface area contributed by atoms with Crippen LogP contribution in [0.1, 0.15) is 58.8 Å². The van der Waals surface area contributed by atoms with Gasteiger partial charge >= 0.3 is 0 Å². The summed E-state index contributed by atoms with van der Waals surface area (Å²) in [5, 5.41) is 31.8. The third-order valence-corrected chi connectivity index (χ3v) is 8.80. The molecule has 3 saturated carbocycles. The van der Waals surface area contributed by atoms with E-state index in [4.69, 9.17) is 0 Å². The molecule has 0 amide bonds. The van der Waals surface area contributed by atoms with Crippen LogP contribution in [-0.4, -0.2) is 45.6 Å². The van der Waals surface area contributed by atoms with Gasteiger partial charge in [0.15, 0.2) is 11.4 Å². The molecule has 3 N–H and O–H groups in total. The van der Waals surface area contributed by atoms with E-state index in [0.717, 1.165) is 18.4 Å². The van der Waals surface area contributed by atoms with Crippen molar-refractivity contribution >= 4 is 5.78 Å². The van der Waals surface area contributed by atoms with Gasteiger partial charge in [0.25, 0.3) is 0 Å². The molecule has 4 aliphatic carbocycles. The number of alkyl halides is 1. The summed E-state index contributed by atoms with van der Waals surface area (Å²) in [6.45, 7) is 2.90. The molecule has 0 bridgehead atoms. The van der Waals surface area contributed by atoms with Crippen molar-refractivity contribution in [3.05, 3.63) is 11.6 Å². The number of allylic oxidation sites excluding steroid dienone is 1. The highest BCUT2D eigenvalue weighted by molar-refractivity contribution is 5.87. The summed E-state index contributed by atoms with van der Waals surface area (Å²) >= 11 is 0. The van der Waals surface area contributed by atoms with Crippen LogP contribution in [0.15, 0.2) is 11.6 Å². The second-order valence-electron chi connectivity index (χ2n) is 9.56. The van der Waals surface area contributed by atoms with Gasteiger partial charge in [-0.3, -0.25) is 9.18 Å². The SMILES string of the molecule is CC(=O)[C@@]1(O)[C@H](O)C[C@H]2[C@@H]3CC=C4C[C@@H](O)CC[C@]4(CF)[C@H]3CC[C@@]21C. The normalized spacial score (nSPS) is 53.3. The zero-order chi connectivity index (χ0) is 18.9. The number of hydrogen-bond acceptors (Lipinski definition) is 4. The summed E-state index contributed by atoms with van der Waals surface area (Å²) in [4.78, 5) is 12.3. The molecule has 0 aromatic carbocycles. The van der Waals surface area contributed by atoms with Gasteiger partial charge in [0, 0.05) is 10.8 Å². The first-order valence-corrected chi connectivity index (χ1v) is 10.1.